The lowest BCUT2D eigenvalue weighted by Crippen LogP contribution is -2.24. The minimum atomic E-state index is -2.28. The van der Waals surface area contributed by atoms with Gasteiger partial charge in [-0.25, -0.2) is 0 Å². The third kappa shape index (κ3) is 3.01. The van der Waals surface area contributed by atoms with Crippen LogP contribution < -0.4 is 21.2 Å². The number of hydrogen-bond acceptors (Lipinski definition) is 1. The molecule has 3 rings (SSSR count). The summed E-state index contributed by atoms with van der Waals surface area (Å²) in [5, 5.41) is 17.8. The number of nitrogens with one attached hydrogen (secondary N) is 2. The van der Waals surface area contributed by atoms with Crippen molar-refractivity contribution < 1.29 is 5.26 Å². The fourth-order valence-corrected chi connectivity index (χ4v) is 5.15. The van der Waals surface area contributed by atoms with Crippen molar-refractivity contribution in [2.24, 2.45) is 0 Å². The van der Waals surface area contributed by atoms with Gasteiger partial charge >= 0.3 is 0 Å². The SMILES string of the molecule is C#[NH+].N=P(c1ccccc1)(c1ccccc1)c1ccccc1. The van der Waals surface area contributed by atoms with Gasteiger partial charge in [0.05, 0.1) is 7.05 Å². The first-order valence-electron chi connectivity index (χ1n) is 6.92. The topological polar surface area (TPSA) is 47.7 Å². The molecule has 0 amide bonds. The number of hydrogen-bond donors (Lipinski definition) is 2. The first-order valence-corrected chi connectivity index (χ1v) is 8.70. The van der Waals surface area contributed by atoms with E-state index < -0.39 is 7.05 Å². The second-order valence-electron chi connectivity index (χ2n) is 4.68. The Labute approximate surface area is 131 Å². The van der Waals surface area contributed by atoms with Gasteiger partial charge in [0.15, 0.2) is 0 Å². The van der Waals surface area contributed by atoms with Crippen LogP contribution in [0.2, 0.25) is 0 Å². The summed E-state index contributed by atoms with van der Waals surface area (Å²) in [5.74, 6) is 0. The van der Waals surface area contributed by atoms with E-state index >= 15 is 0 Å². The molecule has 22 heavy (non-hydrogen) atoms. The molecule has 0 bridgehead atoms. The molecule has 0 aromatic heterocycles. The van der Waals surface area contributed by atoms with E-state index in [-0.39, 0.29) is 0 Å². The van der Waals surface area contributed by atoms with Crippen LogP contribution in [-0.4, -0.2) is 0 Å². The highest BCUT2D eigenvalue weighted by atomic mass is 31.2. The van der Waals surface area contributed by atoms with Crippen molar-refractivity contribution in [1.82, 2.24) is 0 Å². The Morgan fingerprint density at radius 2 is 0.773 bits per heavy atom. The zero-order chi connectivity index (χ0) is 15.8. The van der Waals surface area contributed by atoms with Gasteiger partial charge in [0, 0.05) is 0 Å². The molecule has 0 aliphatic heterocycles. The Hall–Kier alpha value is -2.62. The average Bonchev–Trinajstić information content (AvgIpc) is 2.65. The zero-order valence-corrected chi connectivity index (χ0v) is 13.1. The summed E-state index contributed by atoms with van der Waals surface area (Å²) in [6.45, 7) is 3.75. The predicted molar refractivity (Wildman–Crippen MR) is 93.8 cm³/mol. The normalized spacial score (nSPS) is 10.3. The lowest BCUT2D eigenvalue weighted by molar-refractivity contribution is -0.0839. The monoisotopic (exact) mass is 305 g/mol. The summed E-state index contributed by atoms with van der Waals surface area (Å²) in [6.07, 6.45) is 0. The van der Waals surface area contributed by atoms with Crippen LogP contribution in [0.25, 0.3) is 0 Å². The van der Waals surface area contributed by atoms with Gasteiger partial charge in [-0.05, 0) is 15.9 Å². The molecule has 0 saturated carbocycles. The van der Waals surface area contributed by atoms with Gasteiger partial charge in [-0.2, -0.15) is 0 Å². The predicted octanol–water partition coefficient (Wildman–Crippen LogP) is 2.13. The molecule has 2 nitrogen and oxygen atoms in total. The summed E-state index contributed by atoms with van der Waals surface area (Å²) in [6, 6.07) is 30.5. The van der Waals surface area contributed by atoms with Crippen LogP contribution >= 0.6 is 7.05 Å². The Morgan fingerprint density at radius 1 is 0.545 bits per heavy atom. The van der Waals surface area contributed by atoms with Crippen molar-refractivity contribution in [2.75, 3.05) is 0 Å². The van der Waals surface area contributed by atoms with Crippen molar-refractivity contribution in [3.63, 3.8) is 0 Å². The van der Waals surface area contributed by atoms with Crippen LogP contribution in [0.15, 0.2) is 91.0 Å². The Morgan fingerprint density at radius 3 is 1.00 bits per heavy atom. The van der Waals surface area contributed by atoms with Gasteiger partial charge in [0.1, 0.15) is 0 Å². The molecule has 3 heteroatoms. The molecule has 0 unspecified atom stereocenters. The van der Waals surface area contributed by atoms with E-state index in [4.69, 9.17) is 5.26 Å². The molecule has 0 heterocycles. The molecule has 2 N–H and O–H groups in total. The summed E-state index contributed by atoms with van der Waals surface area (Å²) < 4.78 is 0. The van der Waals surface area contributed by atoms with Crippen LogP contribution in [0.1, 0.15) is 0 Å². The summed E-state index contributed by atoms with van der Waals surface area (Å²) in [7, 11) is -2.28. The zero-order valence-electron chi connectivity index (χ0n) is 12.2. The third-order valence-corrected chi connectivity index (χ3v) is 6.65. The number of rotatable bonds is 3. The van der Waals surface area contributed by atoms with Gasteiger partial charge in [0.25, 0.3) is 6.57 Å². The molecule has 108 valence electrons. The Kier molecular flexibility index (Phi) is 5.31. The van der Waals surface area contributed by atoms with Crippen molar-refractivity contribution in [1.29, 1.82) is 5.16 Å². The van der Waals surface area contributed by atoms with E-state index in [1.807, 2.05) is 54.6 Å². The van der Waals surface area contributed by atoms with Gasteiger partial charge in [-0.15, -0.1) is 5.26 Å². The first kappa shape index (κ1) is 15.8. The average molecular weight is 305 g/mol. The van der Waals surface area contributed by atoms with Gasteiger partial charge in [-0.3, -0.25) is 0 Å². The molecule has 0 fully saturated rings. The second-order valence-corrected chi connectivity index (χ2v) is 7.57. The highest BCUT2D eigenvalue weighted by Gasteiger charge is 2.23. The lowest BCUT2D eigenvalue weighted by Gasteiger charge is -2.24. The first-order chi connectivity index (χ1) is 10.8. The lowest BCUT2D eigenvalue weighted by atomic mass is 10.4. The van der Waals surface area contributed by atoms with Crippen LogP contribution in [0.4, 0.5) is 0 Å². The second kappa shape index (κ2) is 7.41. The fraction of sp³-hybridized carbons (Fsp3) is 0. The maximum Gasteiger partial charge on any atom is 0.255 e. The van der Waals surface area contributed by atoms with Crippen LogP contribution in [0.3, 0.4) is 0 Å². The van der Waals surface area contributed by atoms with Gasteiger partial charge in [0.2, 0.25) is 0 Å². The molecule has 0 atom stereocenters. The van der Waals surface area contributed by atoms with Gasteiger partial charge < -0.3 is 5.16 Å². The fourth-order valence-electron chi connectivity index (χ4n) is 2.40. The van der Waals surface area contributed by atoms with Crippen molar-refractivity contribution in [2.45, 2.75) is 0 Å². The van der Waals surface area contributed by atoms with E-state index in [1.54, 1.807) is 0 Å². The van der Waals surface area contributed by atoms with Crippen LogP contribution in [-0.2, 0) is 0 Å². The molecule has 3 aromatic carbocycles. The maximum absolute atomic E-state index is 9.25. The highest BCUT2D eigenvalue weighted by Crippen LogP contribution is 2.42. The van der Waals surface area contributed by atoms with E-state index in [0.29, 0.717) is 0 Å². The molecule has 0 radical (unpaired) electrons. The smallest absolute Gasteiger partial charge is 0.255 e. The van der Waals surface area contributed by atoms with Crippen molar-refractivity contribution in [3.05, 3.63) is 91.0 Å². The molecular formula is C19H18N2P+. The maximum atomic E-state index is 9.25. The third-order valence-electron chi connectivity index (χ3n) is 3.43. The van der Waals surface area contributed by atoms with Gasteiger partial charge in [-0.1, -0.05) is 91.0 Å². The molecular weight excluding hydrogens is 287 g/mol. The van der Waals surface area contributed by atoms with E-state index in [1.165, 1.54) is 0 Å². The highest BCUT2D eigenvalue weighted by molar-refractivity contribution is 7.86. The molecule has 0 aliphatic rings. The van der Waals surface area contributed by atoms with Crippen molar-refractivity contribution in [3.8, 4) is 6.57 Å². The molecule has 3 aromatic rings. The van der Waals surface area contributed by atoms with Crippen LogP contribution in [0.5, 0.6) is 0 Å². The Bertz CT molecular complexity index is 662. The summed E-state index contributed by atoms with van der Waals surface area (Å²) >= 11 is 0. The van der Waals surface area contributed by atoms with E-state index in [9.17, 15) is 5.16 Å². The molecule has 0 saturated heterocycles. The number of benzene rings is 3. The largest absolute Gasteiger partial charge is 0.305 e. The standard InChI is InChI=1S/C18H16NP.CHN/c19-20(16-10-4-1-5-11-16,17-12-6-2-7-13-17)18-14-8-3-9-15-18;1-2/h1-15,19H;1H/p+1. The van der Waals surface area contributed by atoms with Crippen molar-refractivity contribution >= 4 is 23.0 Å². The molecule has 0 aliphatic carbocycles. The van der Waals surface area contributed by atoms with E-state index in [2.05, 4.69) is 43.0 Å². The van der Waals surface area contributed by atoms with Crippen LogP contribution in [0, 0.1) is 11.7 Å². The summed E-state index contributed by atoms with van der Waals surface area (Å²) in [4.78, 5) is 0. The minimum absolute atomic E-state index is 1.09. The Balaban J connectivity index is 0.000000847. The minimum Gasteiger partial charge on any atom is -0.305 e. The summed E-state index contributed by atoms with van der Waals surface area (Å²) in [5.41, 5.74) is 0. The molecule has 0 spiro atoms. The van der Waals surface area contributed by atoms with E-state index in [0.717, 1.165) is 15.9 Å². The quantitative estimate of drug-likeness (QED) is 0.697.